The van der Waals surface area contributed by atoms with Gasteiger partial charge in [-0.15, -0.1) is 0 Å². The number of carboxylic acids is 1. The number of carbonyl (C=O) groups is 2. The Morgan fingerprint density at radius 3 is 2.28 bits per heavy atom. The van der Waals surface area contributed by atoms with E-state index in [4.69, 9.17) is 5.11 Å². The smallest absolute Gasteiger partial charge is 0.317 e. The van der Waals surface area contributed by atoms with Gasteiger partial charge in [0.1, 0.15) is 0 Å². The lowest BCUT2D eigenvalue weighted by Gasteiger charge is -2.22. The highest BCUT2D eigenvalue weighted by molar-refractivity contribution is 5.77. The number of hydrogen-bond acceptors (Lipinski definition) is 4. The molecule has 102 valence electrons. The Bertz CT molecular complexity index is 338. The van der Waals surface area contributed by atoms with Gasteiger partial charge in [0, 0.05) is 6.04 Å². The molecule has 7 nitrogen and oxygen atoms in total. The lowest BCUT2D eigenvalue weighted by atomic mass is 10.0. The maximum absolute atomic E-state index is 11.9. The Hall–Kier alpha value is -1.34. The predicted molar refractivity (Wildman–Crippen MR) is 60.9 cm³/mol. The second kappa shape index (κ2) is 5.11. The molecule has 0 aromatic rings. The molecule has 2 aliphatic rings. The Balaban J connectivity index is 1.90. The van der Waals surface area contributed by atoms with E-state index in [1.54, 1.807) is 0 Å². The summed E-state index contributed by atoms with van der Waals surface area (Å²) in [6.45, 7) is 0.162. The normalized spacial score (nSPS) is 35.8. The molecule has 18 heavy (non-hydrogen) atoms. The molecule has 4 N–H and O–H groups in total. The van der Waals surface area contributed by atoms with Crippen LogP contribution in [0.4, 0.5) is 4.79 Å². The standard InChI is InChI=1S/C11H18N2O5/c14-8-4-13(5-9(8)15)11(18)12-7-3-1-2-6(7)10(16)17/h6-9,14-15H,1-5H2,(H,12,18)(H,16,17). The number of hydrogen-bond donors (Lipinski definition) is 4. The van der Waals surface area contributed by atoms with Crippen LogP contribution in [0.15, 0.2) is 0 Å². The molecule has 2 rings (SSSR count). The van der Waals surface area contributed by atoms with Crippen LogP contribution in [0.3, 0.4) is 0 Å². The van der Waals surface area contributed by atoms with E-state index < -0.39 is 30.1 Å². The zero-order valence-electron chi connectivity index (χ0n) is 9.95. The van der Waals surface area contributed by atoms with E-state index in [0.29, 0.717) is 12.8 Å². The van der Waals surface area contributed by atoms with Gasteiger partial charge in [-0.1, -0.05) is 6.42 Å². The summed E-state index contributed by atoms with van der Waals surface area (Å²) in [6, 6.07) is -0.770. The third-order valence-electron chi connectivity index (χ3n) is 3.69. The molecule has 1 heterocycles. The number of amides is 2. The van der Waals surface area contributed by atoms with Crippen LogP contribution in [0.2, 0.25) is 0 Å². The zero-order valence-corrected chi connectivity index (χ0v) is 9.95. The summed E-state index contributed by atoms with van der Waals surface area (Å²) in [4.78, 5) is 24.1. The zero-order chi connectivity index (χ0) is 13.3. The average molecular weight is 258 g/mol. The third-order valence-corrected chi connectivity index (χ3v) is 3.69. The molecular formula is C11H18N2O5. The second-order valence-electron chi connectivity index (χ2n) is 4.97. The van der Waals surface area contributed by atoms with Crippen molar-refractivity contribution in [3.63, 3.8) is 0 Å². The average Bonchev–Trinajstić information content (AvgIpc) is 2.87. The maximum atomic E-state index is 11.9. The molecule has 0 bridgehead atoms. The molecule has 1 saturated carbocycles. The summed E-state index contributed by atoms with van der Waals surface area (Å²) in [5.41, 5.74) is 0. The Kier molecular flexibility index (Phi) is 3.72. The summed E-state index contributed by atoms with van der Waals surface area (Å²) < 4.78 is 0. The van der Waals surface area contributed by atoms with Gasteiger partial charge in [-0.2, -0.15) is 0 Å². The fourth-order valence-corrected chi connectivity index (χ4v) is 2.61. The molecule has 4 unspecified atom stereocenters. The number of urea groups is 1. The first kappa shape index (κ1) is 13.1. The van der Waals surface area contributed by atoms with Crippen molar-refractivity contribution in [2.45, 2.75) is 37.5 Å². The van der Waals surface area contributed by atoms with E-state index in [1.165, 1.54) is 4.90 Å². The summed E-state index contributed by atoms with van der Waals surface area (Å²) in [7, 11) is 0. The number of nitrogens with zero attached hydrogens (tertiary/aromatic N) is 1. The Labute approximate surface area is 104 Å². The van der Waals surface area contributed by atoms with Crippen molar-refractivity contribution in [3.05, 3.63) is 0 Å². The highest BCUT2D eigenvalue weighted by atomic mass is 16.4. The molecule has 4 atom stereocenters. The van der Waals surface area contributed by atoms with Crippen molar-refractivity contribution >= 4 is 12.0 Å². The van der Waals surface area contributed by atoms with Gasteiger partial charge in [-0.05, 0) is 12.8 Å². The van der Waals surface area contributed by atoms with Gasteiger partial charge < -0.3 is 25.5 Å². The number of aliphatic hydroxyl groups excluding tert-OH is 2. The molecule has 1 saturated heterocycles. The lowest BCUT2D eigenvalue weighted by Crippen LogP contribution is -2.47. The molecule has 2 amide bonds. The minimum absolute atomic E-state index is 0.0808. The molecule has 0 aromatic heterocycles. The lowest BCUT2D eigenvalue weighted by molar-refractivity contribution is -0.142. The first-order valence-electron chi connectivity index (χ1n) is 6.13. The van der Waals surface area contributed by atoms with E-state index >= 15 is 0 Å². The number of aliphatic carboxylic acids is 1. The van der Waals surface area contributed by atoms with Crippen molar-refractivity contribution in [2.75, 3.05) is 13.1 Å². The van der Waals surface area contributed by atoms with Gasteiger partial charge in [0.25, 0.3) is 0 Å². The van der Waals surface area contributed by atoms with Gasteiger partial charge in [0.2, 0.25) is 0 Å². The summed E-state index contributed by atoms with van der Waals surface area (Å²) in [5, 5.41) is 30.4. The van der Waals surface area contributed by atoms with Gasteiger partial charge in [-0.25, -0.2) is 4.79 Å². The third kappa shape index (κ3) is 2.56. The summed E-state index contributed by atoms with van der Waals surface area (Å²) >= 11 is 0. The summed E-state index contributed by atoms with van der Waals surface area (Å²) in [6.07, 6.45) is 0.171. The molecule has 7 heteroatoms. The molecule has 1 aliphatic heterocycles. The number of nitrogens with one attached hydrogen (secondary N) is 1. The van der Waals surface area contributed by atoms with Crippen LogP contribution in [-0.2, 0) is 4.79 Å². The minimum atomic E-state index is -0.922. The second-order valence-corrected chi connectivity index (χ2v) is 4.97. The highest BCUT2D eigenvalue weighted by Crippen LogP contribution is 2.26. The summed E-state index contributed by atoms with van der Waals surface area (Å²) in [5.74, 6) is -1.43. The monoisotopic (exact) mass is 258 g/mol. The Morgan fingerprint density at radius 1 is 1.11 bits per heavy atom. The highest BCUT2D eigenvalue weighted by Gasteiger charge is 2.37. The topological polar surface area (TPSA) is 110 Å². The molecule has 0 spiro atoms. The van der Waals surface area contributed by atoms with Gasteiger partial charge in [-0.3, -0.25) is 4.79 Å². The van der Waals surface area contributed by atoms with E-state index in [1.807, 2.05) is 0 Å². The number of β-amino-alcohol motifs (C(OH)–C–C–N with tert-alkyl or cyclic N) is 2. The minimum Gasteiger partial charge on any atom is -0.481 e. The molecular weight excluding hydrogens is 240 g/mol. The van der Waals surface area contributed by atoms with Crippen LogP contribution in [0, 0.1) is 5.92 Å². The van der Waals surface area contributed by atoms with Crippen LogP contribution in [-0.4, -0.2) is 63.6 Å². The van der Waals surface area contributed by atoms with Crippen LogP contribution >= 0.6 is 0 Å². The van der Waals surface area contributed by atoms with Crippen LogP contribution in [0.5, 0.6) is 0 Å². The SMILES string of the molecule is O=C(O)C1CCCC1NC(=O)N1CC(O)C(O)C1. The number of likely N-dealkylation sites (tertiary alicyclic amines) is 1. The fourth-order valence-electron chi connectivity index (χ4n) is 2.61. The van der Waals surface area contributed by atoms with E-state index in [9.17, 15) is 19.8 Å². The predicted octanol–water partition coefficient (Wildman–Crippen LogP) is -1.01. The molecule has 2 fully saturated rings. The van der Waals surface area contributed by atoms with E-state index in [2.05, 4.69) is 5.32 Å². The fraction of sp³-hybridized carbons (Fsp3) is 0.818. The largest absolute Gasteiger partial charge is 0.481 e. The van der Waals surface area contributed by atoms with Gasteiger partial charge in [0.15, 0.2) is 0 Å². The van der Waals surface area contributed by atoms with Gasteiger partial charge >= 0.3 is 12.0 Å². The van der Waals surface area contributed by atoms with Crippen LogP contribution < -0.4 is 5.32 Å². The van der Waals surface area contributed by atoms with Crippen molar-refractivity contribution in [3.8, 4) is 0 Å². The van der Waals surface area contributed by atoms with Crippen molar-refractivity contribution < 1.29 is 24.9 Å². The number of carboxylic acid groups (broad SMARTS) is 1. The quantitative estimate of drug-likeness (QED) is 0.507. The van der Waals surface area contributed by atoms with Gasteiger partial charge in [0.05, 0.1) is 31.2 Å². The Morgan fingerprint density at radius 2 is 1.72 bits per heavy atom. The molecule has 1 aliphatic carbocycles. The van der Waals surface area contributed by atoms with Crippen LogP contribution in [0.1, 0.15) is 19.3 Å². The van der Waals surface area contributed by atoms with Crippen molar-refractivity contribution in [2.24, 2.45) is 5.92 Å². The van der Waals surface area contributed by atoms with Crippen molar-refractivity contribution in [1.82, 2.24) is 10.2 Å². The maximum Gasteiger partial charge on any atom is 0.317 e. The van der Waals surface area contributed by atoms with Crippen molar-refractivity contribution in [1.29, 1.82) is 0 Å². The number of rotatable bonds is 2. The molecule has 0 aromatic carbocycles. The number of carbonyl (C=O) groups excluding carboxylic acids is 1. The number of aliphatic hydroxyl groups is 2. The van der Waals surface area contributed by atoms with E-state index in [-0.39, 0.29) is 19.1 Å². The first-order chi connectivity index (χ1) is 8.49. The van der Waals surface area contributed by atoms with Crippen LogP contribution in [0.25, 0.3) is 0 Å². The molecule has 0 radical (unpaired) electrons. The van der Waals surface area contributed by atoms with E-state index in [0.717, 1.165) is 6.42 Å². The first-order valence-corrected chi connectivity index (χ1v) is 6.13.